The lowest BCUT2D eigenvalue weighted by Gasteiger charge is -2.47. The topological polar surface area (TPSA) is 89.6 Å². The summed E-state index contributed by atoms with van der Waals surface area (Å²) in [5, 5.41) is 19.7. The summed E-state index contributed by atoms with van der Waals surface area (Å²) in [4.78, 5) is 12.9. The van der Waals surface area contributed by atoms with Crippen molar-refractivity contribution in [3.63, 3.8) is 0 Å². The SMILES string of the molecule is CCN1c2cc(OC)c(N=Nc3ccc([N+](=O)[O-])cc3OC)cc2C(C)CC1(C)C. The third-order valence-corrected chi connectivity index (χ3v) is 5.64. The van der Waals surface area contributed by atoms with Crippen LogP contribution in [0.4, 0.5) is 22.7 Å². The summed E-state index contributed by atoms with van der Waals surface area (Å²) in [6.07, 6.45) is 1.03. The minimum Gasteiger partial charge on any atom is -0.494 e. The van der Waals surface area contributed by atoms with Gasteiger partial charge in [-0.3, -0.25) is 10.1 Å². The largest absolute Gasteiger partial charge is 0.494 e. The molecule has 8 heteroatoms. The van der Waals surface area contributed by atoms with Crippen molar-refractivity contribution >= 4 is 22.7 Å². The maximum atomic E-state index is 11.0. The number of non-ortho nitro benzene ring substituents is 1. The summed E-state index contributed by atoms with van der Waals surface area (Å²) in [5.41, 5.74) is 3.38. The van der Waals surface area contributed by atoms with Crippen LogP contribution in [0.15, 0.2) is 40.6 Å². The Hall–Kier alpha value is -3.16. The second-order valence-electron chi connectivity index (χ2n) is 8.06. The highest BCUT2D eigenvalue weighted by molar-refractivity contribution is 5.70. The number of nitro benzene ring substituents is 1. The third-order valence-electron chi connectivity index (χ3n) is 5.64. The van der Waals surface area contributed by atoms with Gasteiger partial charge in [0.2, 0.25) is 0 Å². The highest BCUT2D eigenvalue weighted by Gasteiger charge is 2.36. The predicted octanol–water partition coefficient (Wildman–Crippen LogP) is 6.14. The molecule has 8 nitrogen and oxygen atoms in total. The third kappa shape index (κ3) is 3.94. The fourth-order valence-electron chi connectivity index (χ4n) is 4.31. The van der Waals surface area contributed by atoms with Crippen LogP contribution < -0.4 is 14.4 Å². The Balaban J connectivity index is 2.04. The van der Waals surface area contributed by atoms with Crippen LogP contribution in [0.5, 0.6) is 11.5 Å². The van der Waals surface area contributed by atoms with Crippen LogP contribution in [-0.2, 0) is 0 Å². The van der Waals surface area contributed by atoms with Crippen molar-refractivity contribution < 1.29 is 14.4 Å². The molecule has 1 aliphatic heterocycles. The molecule has 2 aromatic rings. The molecule has 0 saturated heterocycles. The standard InChI is InChI=1S/C22H28N4O4/c1-7-25-19-12-21(30-6)18(11-16(19)14(2)13-22(25,3)4)24-23-17-9-8-15(26(27)28)10-20(17)29-5/h8-12,14H,7,13H2,1-6H3. The number of fused-ring (bicyclic) bond motifs is 1. The molecule has 0 radical (unpaired) electrons. The number of hydrogen-bond acceptors (Lipinski definition) is 7. The molecule has 30 heavy (non-hydrogen) atoms. The monoisotopic (exact) mass is 412 g/mol. The Bertz CT molecular complexity index is 987. The van der Waals surface area contributed by atoms with Crippen LogP contribution in [-0.4, -0.2) is 31.2 Å². The summed E-state index contributed by atoms with van der Waals surface area (Å²) in [7, 11) is 3.06. The molecular weight excluding hydrogens is 384 g/mol. The van der Waals surface area contributed by atoms with Gasteiger partial charge in [-0.25, -0.2) is 0 Å². The first-order valence-electron chi connectivity index (χ1n) is 9.95. The summed E-state index contributed by atoms with van der Waals surface area (Å²) in [6.45, 7) is 9.80. The van der Waals surface area contributed by atoms with Crippen molar-refractivity contribution in [3.8, 4) is 11.5 Å². The number of ether oxygens (including phenoxy) is 2. The Morgan fingerprint density at radius 2 is 1.77 bits per heavy atom. The molecule has 0 fully saturated rings. The Labute approximate surface area is 176 Å². The Morgan fingerprint density at radius 1 is 1.13 bits per heavy atom. The van der Waals surface area contributed by atoms with Gasteiger partial charge in [0.25, 0.3) is 5.69 Å². The van der Waals surface area contributed by atoms with Gasteiger partial charge in [0, 0.05) is 29.9 Å². The van der Waals surface area contributed by atoms with E-state index in [0.717, 1.165) is 18.7 Å². The number of azo groups is 1. The zero-order valence-corrected chi connectivity index (χ0v) is 18.3. The first-order chi connectivity index (χ1) is 14.2. The highest BCUT2D eigenvalue weighted by atomic mass is 16.6. The number of benzene rings is 2. The van der Waals surface area contributed by atoms with E-state index in [-0.39, 0.29) is 17.0 Å². The van der Waals surface area contributed by atoms with Crippen molar-refractivity contribution in [1.82, 2.24) is 0 Å². The molecule has 1 unspecified atom stereocenters. The number of anilines is 1. The van der Waals surface area contributed by atoms with Crippen LogP contribution in [0, 0.1) is 10.1 Å². The molecule has 0 saturated carbocycles. The molecule has 0 aromatic heterocycles. The molecule has 0 amide bonds. The maximum absolute atomic E-state index is 11.0. The lowest BCUT2D eigenvalue weighted by Crippen LogP contribution is -2.48. The molecule has 0 N–H and O–H groups in total. The van der Waals surface area contributed by atoms with E-state index in [1.54, 1.807) is 7.11 Å². The summed E-state index contributed by atoms with van der Waals surface area (Å²) < 4.78 is 10.8. The van der Waals surface area contributed by atoms with Gasteiger partial charge >= 0.3 is 0 Å². The lowest BCUT2D eigenvalue weighted by molar-refractivity contribution is -0.384. The van der Waals surface area contributed by atoms with Gasteiger partial charge in [0.15, 0.2) is 5.75 Å². The summed E-state index contributed by atoms with van der Waals surface area (Å²) >= 11 is 0. The average molecular weight is 412 g/mol. The van der Waals surface area contributed by atoms with Gasteiger partial charge in [-0.2, -0.15) is 0 Å². The Morgan fingerprint density at radius 3 is 2.37 bits per heavy atom. The summed E-state index contributed by atoms with van der Waals surface area (Å²) in [5.74, 6) is 1.28. The smallest absolute Gasteiger partial charge is 0.273 e. The van der Waals surface area contributed by atoms with Gasteiger partial charge in [0.05, 0.1) is 25.2 Å². The molecule has 0 bridgehead atoms. The van der Waals surface area contributed by atoms with Gasteiger partial charge in [0.1, 0.15) is 17.1 Å². The fourth-order valence-corrected chi connectivity index (χ4v) is 4.31. The molecular formula is C22H28N4O4. The quantitative estimate of drug-likeness (QED) is 0.323. The van der Waals surface area contributed by atoms with Crippen LogP contribution in [0.2, 0.25) is 0 Å². The van der Waals surface area contributed by atoms with E-state index in [1.807, 2.05) is 12.1 Å². The number of nitrogens with zero attached hydrogens (tertiary/aromatic N) is 4. The van der Waals surface area contributed by atoms with Crippen molar-refractivity contribution in [1.29, 1.82) is 0 Å². The van der Waals surface area contributed by atoms with Crippen molar-refractivity contribution in [3.05, 3.63) is 46.0 Å². The molecule has 1 heterocycles. The number of hydrogen-bond donors (Lipinski definition) is 0. The van der Waals surface area contributed by atoms with Crippen molar-refractivity contribution in [2.45, 2.75) is 45.6 Å². The number of methoxy groups -OCH3 is 2. The van der Waals surface area contributed by atoms with E-state index < -0.39 is 4.92 Å². The van der Waals surface area contributed by atoms with Crippen molar-refractivity contribution in [2.75, 3.05) is 25.7 Å². The number of rotatable bonds is 6. The van der Waals surface area contributed by atoms with E-state index >= 15 is 0 Å². The highest BCUT2D eigenvalue weighted by Crippen LogP contribution is 2.47. The van der Waals surface area contributed by atoms with Gasteiger partial charge < -0.3 is 14.4 Å². The number of nitro groups is 1. The fraction of sp³-hybridized carbons (Fsp3) is 0.455. The van der Waals surface area contributed by atoms with Gasteiger partial charge in [-0.1, -0.05) is 6.92 Å². The molecule has 1 atom stereocenters. The molecule has 160 valence electrons. The van der Waals surface area contributed by atoms with E-state index in [0.29, 0.717) is 23.0 Å². The molecule has 2 aromatic carbocycles. The van der Waals surface area contributed by atoms with E-state index in [4.69, 9.17) is 9.47 Å². The second kappa shape index (κ2) is 8.30. The Kier molecular flexibility index (Phi) is 5.96. The molecule has 0 spiro atoms. The second-order valence-corrected chi connectivity index (χ2v) is 8.06. The first-order valence-corrected chi connectivity index (χ1v) is 9.95. The van der Waals surface area contributed by atoms with E-state index in [2.05, 4.69) is 42.8 Å². The van der Waals surface area contributed by atoms with Gasteiger partial charge in [-0.05, 0) is 50.8 Å². The summed E-state index contributed by atoms with van der Waals surface area (Å²) in [6, 6.07) is 8.29. The minimum atomic E-state index is -0.474. The van der Waals surface area contributed by atoms with E-state index in [9.17, 15) is 10.1 Å². The van der Waals surface area contributed by atoms with Crippen LogP contribution in [0.25, 0.3) is 0 Å². The zero-order chi connectivity index (χ0) is 22.1. The average Bonchev–Trinajstić information content (AvgIpc) is 2.71. The molecule has 0 aliphatic carbocycles. The molecule has 3 rings (SSSR count). The maximum Gasteiger partial charge on any atom is 0.273 e. The minimum absolute atomic E-state index is 0.0569. The normalized spacial score (nSPS) is 17.7. The van der Waals surface area contributed by atoms with Crippen LogP contribution in [0.3, 0.4) is 0 Å². The first kappa shape index (κ1) is 21.5. The van der Waals surface area contributed by atoms with Crippen molar-refractivity contribution in [2.24, 2.45) is 10.2 Å². The van der Waals surface area contributed by atoms with Crippen LogP contribution in [0.1, 0.15) is 45.6 Å². The predicted molar refractivity (Wildman–Crippen MR) is 117 cm³/mol. The van der Waals surface area contributed by atoms with Gasteiger partial charge in [-0.15, -0.1) is 10.2 Å². The zero-order valence-electron chi connectivity index (χ0n) is 18.3. The van der Waals surface area contributed by atoms with E-state index in [1.165, 1.54) is 30.9 Å². The lowest BCUT2D eigenvalue weighted by atomic mass is 9.80. The molecule has 1 aliphatic rings. The van der Waals surface area contributed by atoms with Crippen LogP contribution >= 0.6 is 0 Å².